The molecule has 1 atom stereocenters. The highest BCUT2D eigenvalue weighted by molar-refractivity contribution is 5.96. The van der Waals surface area contributed by atoms with Gasteiger partial charge in [-0.2, -0.15) is 0 Å². The molecule has 0 aliphatic heterocycles. The number of hydrogen-bond donors (Lipinski definition) is 2. The molecule has 0 spiro atoms. The summed E-state index contributed by atoms with van der Waals surface area (Å²) in [4.78, 5) is 12.4. The number of carbonyl (C=O) groups is 1. The van der Waals surface area contributed by atoms with Crippen molar-refractivity contribution in [2.45, 2.75) is 32.7 Å². The summed E-state index contributed by atoms with van der Waals surface area (Å²) in [6.07, 6.45) is 1.89. The van der Waals surface area contributed by atoms with Crippen molar-refractivity contribution < 1.29 is 9.53 Å². The molecule has 4 nitrogen and oxygen atoms in total. The van der Waals surface area contributed by atoms with E-state index in [1.807, 2.05) is 25.1 Å². The molecule has 114 valence electrons. The third kappa shape index (κ3) is 5.22. The Bertz CT molecular complexity index is 523. The van der Waals surface area contributed by atoms with E-state index < -0.39 is 0 Å². The standard InChI is InChI=1S/C17H24N2O2/c1-4-7-15(12-21-3)19-17(20)16-10-5-8-14(13(16)2)9-6-11-18/h5,8,10,15H,4,7,11-12,18H2,1-3H3,(H,19,20). The molecule has 1 unspecified atom stereocenters. The summed E-state index contributed by atoms with van der Waals surface area (Å²) >= 11 is 0. The minimum absolute atomic E-state index is 0.0330. The van der Waals surface area contributed by atoms with Crippen LogP contribution in [-0.2, 0) is 4.74 Å². The average Bonchev–Trinajstić information content (AvgIpc) is 2.46. The van der Waals surface area contributed by atoms with Crippen LogP contribution in [-0.4, -0.2) is 32.2 Å². The molecule has 1 rings (SSSR count). The molecule has 0 bridgehead atoms. The van der Waals surface area contributed by atoms with Gasteiger partial charge in [0.1, 0.15) is 0 Å². The topological polar surface area (TPSA) is 64.3 Å². The highest BCUT2D eigenvalue weighted by Crippen LogP contribution is 2.13. The molecule has 0 heterocycles. The maximum Gasteiger partial charge on any atom is 0.251 e. The number of nitrogens with one attached hydrogen (secondary N) is 1. The quantitative estimate of drug-likeness (QED) is 0.785. The lowest BCUT2D eigenvalue weighted by Crippen LogP contribution is -2.38. The highest BCUT2D eigenvalue weighted by Gasteiger charge is 2.15. The van der Waals surface area contributed by atoms with Gasteiger partial charge < -0.3 is 15.8 Å². The van der Waals surface area contributed by atoms with Crippen LogP contribution < -0.4 is 11.1 Å². The van der Waals surface area contributed by atoms with Crippen molar-refractivity contribution in [1.29, 1.82) is 0 Å². The van der Waals surface area contributed by atoms with Crippen LogP contribution >= 0.6 is 0 Å². The van der Waals surface area contributed by atoms with Crippen LogP contribution in [0.15, 0.2) is 18.2 Å². The molecule has 0 saturated carbocycles. The number of hydrogen-bond acceptors (Lipinski definition) is 3. The number of benzene rings is 1. The van der Waals surface area contributed by atoms with Gasteiger partial charge in [-0.05, 0) is 31.0 Å². The summed E-state index contributed by atoms with van der Waals surface area (Å²) in [7, 11) is 1.64. The number of methoxy groups -OCH3 is 1. The minimum Gasteiger partial charge on any atom is -0.383 e. The number of carbonyl (C=O) groups excluding carboxylic acids is 1. The lowest BCUT2D eigenvalue weighted by atomic mass is 10.0. The van der Waals surface area contributed by atoms with E-state index in [9.17, 15) is 4.79 Å². The number of amides is 1. The molecule has 0 aromatic heterocycles. The summed E-state index contributed by atoms with van der Waals surface area (Å²) in [6, 6.07) is 5.58. The van der Waals surface area contributed by atoms with E-state index in [-0.39, 0.29) is 11.9 Å². The Labute approximate surface area is 127 Å². The zero-order valence-electron chi connectivity index (χ0n) is 13.0. The molecule has 0 saturated heterocycles. The number of ether oxygens (including phenoxy) is 1. The second-order valence-electron chi connectivity index (χ2n) is 4.90. The predicted octanol–water partition coefficient (Wildman–Crippen LogP) is 1.85. The van der Waals surface area contributed by atoms with Crippen molar-refractivity contribution in [3.8, 4) is 11.8 Å². The van der Waals surface area contributed by atoms with E-state index >= 15 is 0 Å². The molecule has 1 aromatic carbocycles. The van der Waals surface area contributed by atoms with Crippen LogP contribution in [0.25, 0.3) is 0 Å². The zero-order chi connectivity index (χ0) is 15.7. The van der Waals surface area contributed by atoms with Crippen molar-refractivity contribution >= 4 is 5.91 Å². The number of nitrogens with two attached hydrogens (primary N) is 1. The van der Waals surface area contributed by atoms with Gasteiger partial charge in [0.15, 0.2) is 0 Å². The van der Waals surface area contributed by atoms with Gasteiger partial charge >= 0.3 is 0 Å². The Balaban J connectivity index is 2.91. The fourth-order valence-electron chi connectivity index (χ4n) is 2.17. The molecule has 1 aromatic rings. The Morgan fingerprint density at radius 1 is 1.48 bits per heavy atom. The monoisotopic (exact) mass is 288 g/mol. The third-order valence-corrected chi connectivity index (χ3v) is 3.24. The van der Waals surface area contributed by atoms with Gasteiger partial charge in [0, 0.05) is 18.2 Å². The van der Waals surface area contributed by atoms with E-state index in [4.69, 9.17) is 10.5 Å². The van der Waals surface area contributed by atoms with E-state index in [0.717, 1.165) is 24.0 Å². The minimum atomic E-state index is -0.0839. The van der Waals surface area contributed by atoms with Crippen LogP contribution in [0.5, 0.6) is 0 Å². The molecular weight excluding hydrogens is 264 g/mol. The van der Waals surface area contributed by atoms with E-state index in [2.05, 4.69) is 24.1 Å². The summed E-state index contributed by atoms with van der Waals surface area (Å²) < 4.78 is 5.15. The van der Waals surface area contributed by atoms with Crippen molar-refractivity contribution in [1.82, 2.24) is 5.32 Å². The second kappa shape index (κ2) is 9.17. The first-order valence-corrected chi connectivity index (χ1v) is 7.22. The first-order valence-electron chi connectivity index (χ1n) is 7.22. The fourth-order valence-corrected chi connectivity index (χ4v) is 2.17. The van der Waals surface area contributed by atoms with Crippen molar-refractivity contribution in [2.75, 3.05) is 20.3 Å². The molecular formula is C17H24N2O2. The van der Waals surface area contributed by atoms with Gasteiger partial charge in [-0.25, -0.2) is 0 Å². The average molecular weight is 288 g/mol. The van der Waals surface area contributed by atoms with Crippen LogP contribution in [0.2, 0.25) is 0 Å². The molecule has 1 amide bonds. The molecule has 0 aliphatic carbocycles. The normalized spacial score (nSPS) is 11.4. The Hall–Kier alpha value is -1.83. The lowest BCUT2D eigenvalue weighted by molar-refractivity contribution is 0.0891. The van der Waals surface area contributed by atoms with Crippen LogP contribution in [0.3, 0.4) is 0 Å². The largest absolute Gasteiger partial charge is 0.383 e. The molecule has 4 heteroatoms. The number of rotatable bonds is 6. The molecule has 0 fully saturated rings. The lowest BCUT2D eigenvalue weighted by Gasteiger charge is -2.18. The predicted molar refractivity (Wildman–Crippen MR) is 85.1 cm³/mol. The summed E-state index contributed by atoms with van der Waals surface area (Å²) in [6.45, 7) is 4.82. The highest BCUT2D eigenvalue weighted by atomic mass is 16.5. The first kappa shape index (κ1) is 17.2. The Morgan fingerprint density at radius 2 is 2.24 bits per heavy atom. The SMILES string of the molecule is CCCC(COC)NC(=O)c1cccc(C#CCN)c1C. The van der Waals surface area contributed by atoms with Crippen molar-refractivity contribution in [3.05, 3.63) is 34.9 Å². The Kier molecular flexibility index (Phi) is 7.52. The zero-order valence-corrected chi connectivity index (χ0v) is 13.0. The maximum absolute atomic E-state index is 12.4. The summed E-state index contributed by atoms with van der Waals surface area (Å²) in [5.74, 6) is 5.73. The van der Waals surface area contributed by atoms with Gasteiger partial charge in [-0.1, -0.05) is 31.3 Å². The van der Waals surface area contributed by atoms with Crippen LogP contribution in [0.1, 0.15) is 41.3 Å². The van der Waals surface area contributed by atoms with Crippen LogP contribution in [0.4, 0.5) is 0 Å². The van der Waals surface area contributed by atoms with Crippen LogP contribution in [0, 0.1) is 18.8 Å². The summed E-state index contributed by atoms with van der Waals surface area (Å²) in [5, 5.41) is 3.02. The van der Waals surface area contributed by atoms with Gasteiger partial charge in [0.25, 0.3) is 5.91 Å². The van der Waals surface area contributed by atoms with Gasteiger partial charge in [0.2, 0.25) is 0 Å². The van der Waals surface area contributed by atoms with E-state index in [0.29, 0.717) is 18.7 Å². The van der Waals surface area contributed by atoms with E-state index in [1.54, 1.807) is 7.11 Å². The smallest absolute Gasteiger partial charge is 0.251 e. The van der Waals surface area contributed by atoms with Gasteiger partial charge in [0.05, 0.1) is 19.2 Å². The molecule has 3 N–H and O–H groups in total. The fraction of sp³-hybridized carbons (Fsp3) is 0.471. The van der Waals surface area contributed by atoms with Crippen molar-refractivity contribution in [3.63, 3.8) is 0 Å². The maximum atomic E-state index is 12.4. The first-order chi connectivity index (χ1) is 10.1. The summed E-state index contributed by atoms with van der Waals surface area (Å²) in [5.41, 5.74) is 7.76. The Morgan fingerprint density at radius 3 is 2.86 bits per heavy atom. The molecule has 0 radical (unpaired) electrons. The molecule has 0 aliphatic rings. The van der Waals surface area contributed by atoms with Gasteiger partial charge in [-0.15, -0.1) is 0 Å². The second-order valence-corrected chi connectivity index (χ2v) is 4.90. The third-order valence-electron chi connectivity index (χ3n) is 3.24. The van der Waals surface area contributed by atoms with Gasteiger partial charge in [-0.3, -0.25) is 4.79 Å². The van der Waals surface area contributed by atoms with E-state index in [1.165, 1.54) is 0 Å². The van der Waals surface area contributed by atoms with Crippen molar-refractivity contribution in [2.24, 2.45) is 5.73 Å². The molecule has 21 heavy (non-hydrogen) atoms.